The monoisotopic (exact) mass is 1360 g/mol. The molecule has 514 valence electrons. The number of hydrogen-bond acceptors (Lipinski definition) is 16. The van der Waals surface area contributed by atoms with Crippen molar-refractivity contribution in [1.82, 2.24) is 0 Å². The van der Waals surface area contributed by atoms with E-state index in [1.54, 1.807) is 106 Å². The Labute approximate surface area is 598 Å². The summed E-state index contributed by atoms with van der Waals surface area (Å²) in [6, 6.07) is 68.3. The van der Waals surface area contributed by atoms with E-state index in [2.05, 4.69) is 56.4 Å². The lowest BCUT2D eigenvalue weighted by molar-refractivity contribution is 0.0980. The van der Waals surface area contributed by atoms with E-state index in [0.29, 0.717) is 123 Å². The number of anilines is 11. The van der Waals surface area contributed by atoms with Crippen LogP contribution in [0.4, 0.5) is 62.6 Å². The topological polar surface area (TPSA) is 233 Å². The quantitative estimate of drug-likeness (QED) is 0.0396. The van der Waals surface area contributed by atoms with Crippen LogP contribution in [-0.4, -0.2) is 80.5 Å². The van der Waals surface area contributed by atoms with Crippen LogP contribution in [0.5, 0.6) is 0 Å². The minimum absolute atomic E-state index is 0.0756. The molecule has 0 aliphatic heterocycles. The smallest absolute Gasteiger partial charge is 0.196 e. The maximum absolute atomic E-state index is 13.5. The molecule has 0 saturated carbocycles. The molecule has 16 nitrogen and oxygen atoms in total. The summed E-state index contributed by atoms with van der Waals surface area (Å²) in [7, 11) is 5.24. The normalized spacial score (nSPS) is 12.4. The molecule has 0 unspecified atom stereocenters. The summed E-state index contributed by atoms with van der Waals surface area (Å²) in [6.45, 7) is 9.85. The van der Waals surface area contributed by atoms with E-state index in [1.807, 2.05) is 153 Å². The highest BCUT2D eigenvalue weighted by molar-refractivity contribution is 6.35. The fourth-order valence-electron chi connectivity index (χ4n) is 13.4. The first-order valence-corrected chi connectivity index (χ1v) is 34.5. The molecule has 0 amide bonds. The first kappa shape index (κ1) is 70.1. The average molecular weight is 1360 g/mol. The summed E-state index contributed by atoms with van der Waals surface area (Å²) in [4.78, 5) is 105. The van der Waals surface area contributed by atoms with Gasteiger partial charge in [0.15, 0.2) is 46.3 Å². The lowest BCUT2D eigenvalue weighted by atomic mass is 9.82. The molecule has 0 spiro atoms. The average Bonchev–Trinajstić information content (AvgIpc) is 0.764. The Morgan fingerprint density at radius 2 is 0.466 bits per heavy atom. The molecule has 11 aromatic rings. The molecule has 8 N–H and O–H groups in total. The Hall–Kier alpha value is -12.8. The lowest BCUT2D eigenvalue weighted by Crippen LogP contribution is -2.24. The zero-order chi connectivity index (χ0) is 72.4. The van der Waals surface area contributed by atoms with Crippen LogP contribution in [0.3, 0.4) is 0 Å². The van der Waals surface area contributed by atoms with Gasteiger partial charge in [0.25, 0.3) is 0 Å². The van der Waals surface area contributed by atoms with Crippen LogP contribution in [-0.2, 0) is 0 Å². The van der Waals surface area contributed by atoms with E-state index in [-0.39, 0.29) is 46.3 Å². The van der Waals surface area contributed by atoms with Gasteiger partial charge in [-0.25, -0.2) is 0 Å². The van der Waals surface area contributed by atoms with Crippen LogP contribution in [0, 0.1) is 13.8 Å². The fourth-order valence-corrected chi connectivity index (χ4v) is 13.4. The van der Waals surface area contributed by atoms with Gasteiger partial charge in [0, 0.05) is 124 Å². The molecule has 16 heteroatoms. The highest BCUT2D eigenvalue weighted by atomic mass is 16.2. The second kappa shape index (κ2) is 31.2. The summed E-state index contributed by atoms with van der Waals surface area (Å²) in [5.41, 5.74) is 17.4. The van der Waals surface area contributed by atoms with Crippen LogP contribution in [0.2, 0.25) is 0 Å². The lowest BCUT2D eigenvalue weighted by Gasteiger charge is -2.24. The fraction of sp³-hybridized carbons (Fsp3) is 0.149. The van der Waals surface area contributed by atoms with E-state index in [9.17, 15) is 38.4 Å². The van der Waals surface area contributed by atoms with Crippen molar-refractivity contribution in [1.29, 1.82) is 0 Å². The van der Waals surface area contributed by atoms with Crippen molar-refractivity contribution >= 4 is 109 Å². The Morgan fingerprint density at radius 3 is 0.728 bits per heavy atom. The van der Waals surface area contributed by atoms with Crippen molar-refractivity contribution in [2.45, 2.75) is 53.4 Å². The SMILES string of the molecule is CCCCNc1ccc(NCCCC)c2c1C(=O)c1ccccc1C2=O.CNc1ccc(NC)c2c1C(=O)c1ccccc1C2=O.CNc1ccc(Nc2cccc(C)c2)c2c1C(=O)c1ccccc1C2=O.Cc1cccc(Nc2ccc(Nc3ccccc3)c3c2C(=O)c2ccccc2C3=O)c1. The molecular formula is C87H78N8O8. The molecule has 0 bridgehead atoms. The highest BCUT2D eigenvalue weighted by Gasteiger charge is 2.38. The summed E-state index contributed by atoms with van der Waals surface area (Å²) in [5, 5.41) is 25.7. The van der Waals surface area contributed by atoms with Crippen molar-refractivity contribution in [2.24, 2.45) is 0 Å². The van der Waals surface area contributed by atoms with Crippen LogP contribution < -0.4 is 42.5 Å². The Bertz CT molecular complexity index is 5080. The molecule has 4 aliphatic carbocycles. The Morgan fingerprint density at radius 1 is 0.243 bits per heavy atom. The van der Waals surface area contributed by atoms with Gasteiger partial charge < -0.3 is 42.5 Å². The van der Waals surface area contributed by atoms with Crippen LogP contribution in [0.1, 0.15) is 178 Å². The third-order valence-electron chi connectivity index (χ3n) is 18.4. The number of carbonyl (C=O) groups is 8. The predicted molar refractivity (Wildman–Crippen MR) is 413 cm³/mol. The second-order valence-electron chi connectivity index (χ2n) is 25.2. The van der Waals surface area contributed by atoms with E-state index < -0.39 is 0 Å². The second-order valence-corrected chi connectivity index (χ2v) is 25.2. The molecular weight excluding hydrogens is 1290 g/mol. The van der Waals surface area contributed by atoms with E-state index in [4.69, 9.17) is 0 Å². The van der Waals surface area contributed by atoms with E-state index in [0.717, 1.165) is 78.3 Å². The number of carbonyl (C=O) groups excluding carboxylic acids is 8. The molecule has 0 fully saturated rings. The van der Waals surface area contributed by atoms with Crippen molar-refractivity contribution < 1.29 is 38.4 Å². The molecule has 4 aliphatic rings. The van der Waals surface area contributed by atoms with Crippen molar-refractivity contribution in [3.05, 3.63) is 325 Å². The number of benzene rings is 11. The standard InChI is InChI=1S/C27H20N2O2.C22H18N2O2.C22H26N2O2.C16H14N2O2/c1-17-8-7-11-19(16-17)29-23-15-14-22(28-18-9-3-2-4-10-18)24-25(23)27(31)21-13-6-5-12-20(21)26(24)30;1-13-6-5-7-14(12-13)24-18-11-10-17(23-2)19-20(18)22(26)16-9-4-3-8-15(16)21(19)25;1-3-5-13-23-17-11-12-18(24-14-6-4-2)20-19(17)21(25)15-9-7-8-10-16(15)22(20)26;1-17-11-7-8-12(18-2)14-13(11)15(19)9-5-3-4-6-10(9)16(14)20/h2-16,28-29H,1H3;3-12,23-24H,1-2H3;7-12,23-24H,3-6,13-14H2,1-2H3;3-8,17-18H,1-2H3. The van der Waals surface area contributed by atoms with Gasteiger partial charge in [-0.05, 0) is 123 Å². The number of fused-ring (bicyclic) bond motifs is 8. The molecule has 0 aromatic heterocycles. The highest BCUT2D eigenvalue weighted by Crippen LogP contribution is 2.42. The van der Waals surface area contributed by atoms with Crippen LogP contribution >= 0.6 is 0 Å². The van der Waals surface area contributed by atoms with Crippen molar-refractivity contribution in [2.75, 3.05) is 76.8 Å². The number of aryl methyl sites for hydroxylation is 2. The minimum atomic E-state index is -0.156. The number of unbranched alkanes of at least 4 members (excludes halogenated alkanes) is 2. The zero-order valence-corrected chi connectivity index (χ0v) is 58.4. The maximum Gasteiger partial charge on any atom is 0.196 e. The van der Waals surface area contributed by atoms with E-state index in [1.165, 1.54) is 0 Å². The van der Waals surface area contributed by atoms with Crippen molar-refractivity contribution in [3.63, 3.8) is 0 Å². The van der Waals surface area contributed by atoms with Crippen LogP contribution in [0.25, 0.3) is 0 Å². The number of nitrogens with one attached hydrogen (secondary N) is 8. The molecule has 0 radical (unpaired) electrons. The number of hydrogen-bond donors (Lipinski definition) is 8. The van der Waals surface area contributed by atoms with Gasteiger partial charge >= 0.3 is 0 Å². The molecule has 0 heterocycles. The zero-order valence-electron chi connectivity index (χ0n) is 58.4. The summed E-state index contributed by atoms with van der Waals surface area (Å²) in [6.07, 6.45) is 4.18. The maximum atomic E-state index is 13.5. The molecule has 103 heavy (non-hydrogen) atoms. The molecule has 15 rings (SSSR count). The number of rotatable bonds is 17. The number of para-hydroxylation sites is 1. The van der Waals surface area contributed by atoms with E-state index >= 15 is 0 Å². The van der Waals surface area contributed by atoms with Crippen LogP contribution in [0.15, 0.2) is 224 Å². The predicted octanol–water partition coefficient (Wildman–Crippen LogP) is 18.2. The Kier molecular flexibility index (Phi) is 21.2. The van der Waals surface area contributed by atoms with Gasteiger partial charge in [0.2, 0.25) is 0 Å². The summed E-state index contributed by atoms with van der Waals surface area (Å²) < 4.78 is 0. The molecule has 11 aromatic carbocycles. The third-order valence-corrected chi connectivity index (χ3v) is 18.4. The first-order valence-electron chi connectivity index (χ1n) is 34.5. The van der Waals surface area contributed by atoms with Gasteiger partial charge in [0.1, 0.15) is 0 Å². The van der Waals surface area contributed by atoms with Gasteiger partial charge in [-0.15, -0.1) is 0 Å². The minimum Gasteiger partial charge on any atom is -0.388 e. The molecule has 0 saturated heterocycles. The summed E-state index contributed by atoms with van der Waals surface area (Å²) in [5.74, 6) is -0.960. The largest absolute Gasteiger partial charge is 0.388 e. The number of ketones is 8. The van der Waals surface area contributed by atoms with Gasteiger partial charge in [0.05, 0.1) is 61.6 Å². The molecule has 0 atom stereocenters. The van der Waals surface area contributed by atoms with Crippen molar-refractivity contribution in [3.8, 4) is 0 Å². The first-order chi connectivity index (χ1) is 50.1. The van der Waals surface area contributed by atoms with Gasteiger partial charge in [-0.2, -0.15) is 0 Å². The third kappa shape index (κ3) is 14.1. The van der Waals surface area contributed by atoms with Gasteiger partial charge in [-0.1, -0.05) is 166 Å². The summed E-state index contributed by atoms with van der Waals surface area (Å²) >= 11 is 0. The van der Waals surface area contributed by atoms with Gasteiger partial charge in [-0.3, -0.25) is 38.4 Å². The Balaban J connectivity index is 0.000000131.